The summed E-state index contributed by atoms with van der Waals surface area (Å²) in [5, 5.41) is 0. The number of rotatable bonds is 4. The maximum absolute atomic E-state index is 12.7. The summed E-state index contributed by atoms with van der Waals surface area (Å²) in [6.45, 7) is 3.25. The summed E-state index contributed by atoms with van der Waals surface area (Å²) in [4.78, 5) is 23.0. The Kier molecular flexibility index (Phi) is 4.10. The van der Waals surface area contributed by atoms with Crippen LogP contribution >= 0.6 is 0 Å². The van der Waals surface area contributed by atoms with Gasteiger partial charge in [0.05, 0.1) is 11.0 Å². The Morgan fingerprint density at radius 3 is 2.45 bits per heavy atom. The lowest BCUT2D eigenvalue weighted by Crippen LogP contribution is -2.30. The minimum absolute atomic E-state index is 0.0129. The van der Waals surface area contributed by atoms with Gasteiger partial charge in [0.25, 0.3) is 5.91 Å². The number of nitrogens with zero attached hydrogens (tertiary/aromatic N) is 3. The highest BCUT2D eigenvalue weighted by Crippen LogP contribution is 2.14. The predicted octanol–water partition coefficient (Wildman–Crippen LogP) is 3.29. The van der Waals surface area contributed by atoms with E-state index in [-0.39, 0.29) is 5.91 Å². The van der Waals surface area contributed by atoms with Gasteiger partial charge in [-0.3, -0.25) is 14.8 Å². The van der Waals surface area contributed by atoms with E-state index >= 15 is 0 Å². The molecule has 110 valence electrons. The molecule has 0 unspecified atom stereocenters. The van der Waals surface area contributed by atoms with Crippen molar-refractivity contribution in [2.75, 3.05) is 6.54 Å². The highest BCUT2D eigenvalue weighted by molar-refractivity contribution is 5.97. The van der Waals surface area contributed by atoms with Crippen LogP contribution in [0.15, 0.2) is 60.9 Å². The van der Waals surface area contributed by atoms with E-state index < -0.39 is 0 Å². The molecule has 0 bridgehead atoms. The molecule has 2 aromatic carbocycles. The van der Waals surface area contributed by atoms with Crippen LogP contribution in [-0.2, 0) is 6.54 Å². The van der Waals surface area contributed by atoms with E-state index in [4.69, 9.17) is 0 Å². The number of hydrogen-bond donors (Lipinski definition) is 0. The average molecular weight is 291 g/mol. The number of carbonyl (C=O) groups is 1. The lowest BCUT2D eigenvalue weighted by molar-refractivity contribution is 0.0752. The molecule has 0 saturated carbocycles. The zero-order valence-electron chi connectivity index (χ0n) is 12.4. The molecule has 0 aliphatic rings. The van der Waals surface area contributed by atoms with Crippen LogP contribution in [-0.4, -0.2) is 27.3 Å². The Bertz CT molecular complexity index is 786. The molecular formula is C18H17N3O. The molecule has 0 N–H and O–H groups in total. The Morgan fingerprint density at radius 1 is 1.00 bits per heavy atom. The normalized spacial score (nSPS) is 10.6. The lowest BCUT2D eigenvalue weighted by Gasteiger charge is -2.21. The van der Waals surface area contributed by atoms with Gasteiger partial charge < -0.3 is 4.90 Å². The first-order valence-electron chi connectivity index (χ1n) is 7.32. The first-order valence-corrected chi connectivity index (χ1v) is 7.32. The minimum atomic E-state index is 0.0129. The van der Waals surface area contributed by atoms with Crippen LogP contribution in [0, 0.1) is 0 Å². The molecule has 0 fully saturated rings. The van der Waals surface area contributed by atoms with Gasteiger partial charge in [0, 0.05) is 31.0 Å². The quantitative estimate of drug-likeness (QED) is 0.741. The van der Waals surface area contributed by atoms with E-state index in [9.17, 15) is 4.79 Å². The number of benzene rings is 2. The average Bonchev–Trinajstić information content (AvgIpc) is 2.59. The number of fused-ring (bicyclic) bond motifs is 1. The summed E-state index contributed by atoms with van der Waals surface area (Å²) in [7, 11) is 0. The first-order chi connectivity index (χ1) is 10.8. The summed E-state index contributed by atoms with van der Waals surface area (Å²) in [6.07, 6.45) is 3.29. The molecule has 1 aromatic heterocycles. The fourth-order valence-corrected chi connectivity index (χ4v) is 2.41. The van der Waals surface area contributed by atoms with E-state index in [1.165, 1.54) is 0 Å². The second-order valence-corrected chi connectivity index (χ2v) is 5.06. The summed E-state index contributed by atoms with van der Waals surface area (Å²) < 4.78 is 0. The number of carbonyl (C=O) groups excluding carboxylic acids is 1. The van der Waals surface area contributed by atoms with Crippen molar-refractivity contribution in [3.63, 3.8) is 0 Å². The van der Waals surface area contributed by atoms with Crippen LogP contribution in [0.3, 0.4) is 0 Å². The fraction of sp³-hybridized carbons (Fsp3) is 0.167. The highest BCUT2D eigenvalue weighted by atomic mass is 16.2. The number of aromatic nitrogens is 2. The van der Waals surface area contributed by atoms with Crippen molar-refractivity contribution < 1.29 is 4.79 Å². The summed E-state index contributed by atoms with van der Waals surface area (Å²) >= 11 is 0. The fourth-order valence-electron chi connectivity index (χ4n) is 2.41. The molecule has 3 aromatic rings. The van der Waals surface area contributed by atoms with Gasteiger partial charge in [0.15, 0.2) is 0 Å². The maximum atomic E-state index is 12.7. The monoisotopic (exact) mass is 291 g/mol. The van der Waals surface area contributed by atoms with Crippen molar-refractivity contribution in [2.24, 2.45) is 0 Å². The number of hydrogen-bond acceptors (Lipinski definition) is 3. The maximum Gasteiger partial charge on any atom is 0.254 e. The first kappa shape index (κ1) is 14.2. The molecule has 3 rings (SSSR count). The van der Waals surface area contributed by atoms with E-state index in [0.29, 0.717) is 18.7 Å². The van der Waals surface area contributed by atoms with E-state index in [0.717, 1.165) is 16.6 Å². The van der Waals surface area contributed by atoms with Crippen molar-refractivity contribution in [1.29, 1.82) is 0 Å². The van der Waals surface area contributed by atoms with Gasteiger partial charge >= 0.3 is 0 Å². The van der Waals surface area contributed by atoms with Crippen LogP contribution < -0.4 is 0 Å². The molecule has 1 heterocycles. The molecule has 0 atom stereocenters. The molecule has 4 heteroatoms. The third-order valence-electron chi connectivity index (χ3n) is 3.60. The van der Waals surface area contributed by atoms with E-state index in [1.807, 2.05) is 54.3 Å². The topological polar surface area (TPSA) is 46.1 Å². The van der Waals surface area contributed by atoms with Gasteiger partial charge in [-0.1, -0.05) is 30.3 Å². The van der Waals surface area contributed by atoms with Gasteiger partial charge in [0.1, 0.15) is 0 Å². The van der Waals surface area contributed by atoms with Crippen molar-refractivity contribution in [3.05, 3.63) is 72.1 Å². The molecule has 1 amide bonds. The van der Waals surface area contributed by atoms with Crippen molar-refractivity contribution >= 4 is 16.9 Å². The van der Waals surface area contributed by atoms with Crippen molar-refractivity contribution in [1.82, 2.24) is 14.9 Å². The molecule has 0 aliphatic heterocycles. The largest absolute Gasteiger partial charge is 0.335 e. The molecule has 0 aliphatic carbocycles. The Hall–Kier alpha value is -2.75. The second kappa shape index (κ2) is 6.35. The van der Waals surface area contributed by atoms with Crippen molar-refractivity contribution in [3.8, 4) is 0 Å². The van der Waals surface area contributed by atoms with E-state index in [1.54, 1.807) is 18.5 Å². The van der Waals surface area contributed by atoms with Gasteiger partial charge in [-0.25, -0.2) is 0 Å². The lowest BCUT2D eigenvalue weighted by atomic mass is 10.1. The van der Waals surface area contributed by atoms with Crippen LogP contribution in [0.25, 0.3) is 11.0 Å². The Balaban J connectivity index is 1.86. The molecule has 0 spiro atoms. The second-order valence-electron chi connectivity index (χ2n) is 5.06. The Morgan fingerprint density at radius 2 is 1.73 bits per heavy atom. The third kappa shape index (κ3) is 2.96. The van der Waals surface area contributed by atoms with Crippen LogP contribution in [0.1, 0.15) is 22.8 Å². The van der Waals surface area contributed by atoms with Crippen LogP contribution in [0.4, 0.5) is 0 Å². The van der Waals surface area contributed by atoms with Crippen LogP contribution in [0.2, 0.25) is 0 Å². The third-order valence-corrected chi connectivity index (χ3v) is 3.60. The van der Waals surface area contributed by atoms with Gasteiger partial charge in [-0.15, -0.1) is 0 Å². The zero-order chi connectivity index (χ0) is 15.4. The van der Waals surface area contributed by atoms with Crippen molar-refractivity contribution in [2.45, 2.75) is 13.5 Å². The molecular weight excluding hydrogens is 274 g/mol. The summed E-state index contributed by atoms with van der Waals surface area (Å²) in [5.74, 6) is 0.0129. The van der Waals surface area contributed by atoms with Gasteiger partial charge in [-0.2, -0.15) is 0 Å². The van der Waals surface area contributed by atoms with Gasteiger partial charge in [-0.05, 0) is 30.7 Å². The smallest absolute Gasteiger partial charge is 0.254 e. The molecule has 4 nitrogen and oxygen atoms in total. The minimum Gasteiger partial charge on any atom is -0.335 e. The van der Waals surface area contributed by atoms with Crippen LogP contribution in [0.5, 0.6) is 0 Å². The molecule has 0 radical (unpaired) electrons. The summed E-state index contributed by atoms with van der Waals surface area (Å²) in [5.41, 5.74) is 3.30. The highest BCUT2D eigenvalue weighted by Gasteiger charge is 2.15. The molecule has 22 heavy (non-hydrogen) atoms. The van der Waals surface area contributed by atoms with E-state index in [2.05, 4.69) is 9.97 Å². The number of amides is 1. The SMILES string of the molecule is CCN(Cc1ccccc1)C(=O)c1ccc2nccnc2c1. The summed E-state index contributed by atoms with van der Waals surface area (Å²) in [6, 6.07) is 15.5. The standard InChI is InChI=1S/C18H17N3O/c1-2-21(13-14-6-4-3-5-7-14)18(22)15-8-9-16-17(12-15)20-11-10-19-16/h3-12H,2,13H2,1H3. The zero-order valence-corrected chi connectivity index (χ0v) is 12.4. The predicted molar refractivity (Wildman–Crippen MR) is 86.4 cm³/mol. The van der Waals surface area contributed by atoms with Gasteiger partial charge in [0.2, 0.25) is 0 Å². The molecule has 0 saturated heterocycles. The Labute approximate surface area is 129 Å².